The largest absolute Gasteiger partial charge is 0.381 e. The molecule has 3 aromatic carbocycles. The SMILES string of the molecule is O=C(NCCCc1ccccc1)c1cccc(NCc2ccccc2)c1. The van der Waals surface area contributed by atoms with Crippen LogP contribution in [-0.4, -0.2) is 12.5 Å². The standard InChI is InChI=1S/C23H24N2O/c26-23(24-16-8-13-19-9-3-1-4-10-19)21-14-7-15-22(17-21)25-18-20-11-5-2-6-12-20/h1-7,9-12,14-15,17,25H,8,13,16,18H2,(H,24,26). The van der Waals surface area contributed by atoms with E-state index in [9.17, 15) is 4.79 Å². The van der Waals surface area contributed by atoms with Gasteiger partial charge in [-0.05, 0) is 42.2 Å². The Morgan fingerprint density at radius 1 is 0.769 bits per heavy atom. The average Bonchev–Trinajstić information content (AvgIpc) is 2.71. The lowest BCUT2D eigenvalue weighted by Crippen LogP contribution is -2.24. The first kappa shape index (κ1) is 17.7. The van der Waals surface area contributed by atoms with Gasteiger partial charge in [0.1, 0.15) is 0 Å². The fourth-order valence-electron chi connectivity index (χ4n) is 2.81. The summed E-state index contributed by atoms with van der Waals surface area (Å²) in [5, 5.41) is 6.37. The summed E-state index contributed by atoms with van der Waals surface area (Å²) in [6, 6.07) is 28.2. The van der Waals surface area contributed by atoms with E-state index in [1.165, 1.54) is 11.1 Å². The molecule has 26 heavy (non-hydrogen) atoms. The average molecular weight is 344 g/mol. The van der Waals surface area contributed by atoms with Crippen LogP contribution in [0, 0.1) is 0 Å². The number of carbonyl (C=O) groups excluding carboxylic acids is 1. The smallest absolute Gasteiger partial charge is 0.251 e. The highest BCUT2D eigenvalue weighted by atomic mass is 16.1. The van der Waals surface area contributed by atoms with E-state index < -0.39 is 0 Å². The summed E-state index contributed by atoms with van der Waals surface area (Å²) in [7, 11) is 0. The van der Waals surface area contributed by atoms with Gasteiger partial charge in [0, 0.05) is 24.3 Å². The summed E-state index contributed by atoms with van der Waals surface area (Å²) >= 11 is 0. The normalized spacial score (nSPS) is 10.3. The van der Waals surface area contributed by atoms with Gasteiger partial charge >= 0.3 is 0 Å². The summed E-state index contributed by atoms with van der Waals surface area (Å²) in [5.74, 6) is -0.0265. The number of nitrogens with one attached hydrogen (secondary N) is 2. The van der Waals surface area contributed by atoms with E-state index in [-0.39, 0.29) is 5.91 Å². The maximum atomic E-state index is 12.3. The zero-order chi connectivity index (χ0) is 18.0. The summed E-state index contributed by atoms with van der Waals surface area (Å²) < 4.78 is 0. The molecule has 1 amide bonds. The molecule has 0 bridgehead atoms. The van der Waals surface area contributed by atoms with Gasteiger partial charge in [-0.15, -0.1) is 0 Å². The molecule has 0 aliphatic heterocycles. The minimum absolute atomic E-state index is 0.0265. The number of benzene rings is 3. The van der Waals surface area contributed by atoms with Gasteiger partial charge in [0.2, 0.25) is 0 Å². The monoisotopic (exact) mass is 344 g/mol. The van der Waals surface area contributed by atoms with Crippen LogP contribution >= 0.6 is 0 Å². The topological polar surface area (TPSA) is 41.1 Å². The van der Waals surface area contributed by atoms with E-state index in [1.807, 2.05) is 60.7 Å². The van der Waals surface area contributed by atoms with E-state index in [4.69, 9.17) is 0 Å². The predicted molar refractivity (Wildman–Crippen MR) is 107 cm³/mol. The number of hydrogen-bond donors (Lipinski definition) is 2. The van der Waals surface area contributed by atoms with Crippen LogP contribution in [0.4, 0.5) is 5.69 Å². The van der Waals surface area contributed by atoms with Gasteiger partial charge in [0.25, 0.3) is 5.91 Å². The van der Waals surface area contributed by atoms with Crippen molar-refractivity contribution in [3.63, 3.8) is 0 Å². The van der Waals surface area contributed by atoms with Crippen LogP contribution in [0.1, 0.15) is 27.9 Å². The van der Waals surface area contributed by atoms with Crippen molar-refractivity contribution in [3.05, 3.63) is 102 Å². The van der Waals surface area contributed by atoms with Crippen molar-refractivity contribution in [2.24, 2.45) is 0 Å². The molecule has 0 aliphatic rings. The maximum Gasteiger partial charge on any atom is 0.251 e. The molecule has 3 aromatic rings. The number of aryl methyl sites for hydroxylation is 1. The van der Waals surface area contributed by atoms with Gasteiger partial charge in [-0.2, -0.15) is 0 Å². The number of anilines is 1. The van der Waals surface area contributed by atoms with Crippen molar-refractivity contribution in [1.29, 1.82) is 0 Å². The van der Waals surface area contributed by atoms with Crippen molar-refractivity contribution in [2.75, 3.05) is 11.9 Å². The van der Waals surface area contributed by atoms with Gasteiger partial charge in [-0.1, -0.05) is 66.7 Å². The van der Waals surface area contributed by atoms with Gasteiger partial charge in [0.15, 0.2) is 0 Å². The lowest BCUT2D eigenvalue weighted by molar-refractivity contribution is 0.0953. The van der Waals surface area contributed by atoms with E-state index in [0.29, 0.717) is 12.1 Å². The van der Waals surface area contributed by atoms with E-state index >= 15 is 0 Å². The van der Waals surface area contributed by atoms with Crippen LogP contribution in [0.25, 0.3) is 0 Å². The second-order valence-electron chi connectivity index (χ2n) is 6.27. The Kier molecular flexibility index (Phi) is 6.43. The Morgan fingerprint density at radius 2 is 1.46 bits per heavy atom. The van der Waals surface area contributed by atoms with Crippen molar-refractivity contribution >= 4 is 11.6 Å². The maximum absolute atomic E-state index is 12.3. The Balaban J connectivity index is 1.46. The summed E-state index contributed by atoms with van der Waals surface area (Å²) in [6.45, 7) is 1.42. The second-order valence-corrected chi connectivity index (χ2v) is 6.27. The Labute approximate surface area is 155 Å². The number of carbonyl (C=O) groups is 1. The minimum Gasteiger partial charge on any atom is -0.381 e. The zero-order valence-corrected chi connectivity index (χ0v) is 14.8. The molecule has 2 N–H and O–H groups in total. The van der Waals surface area contributed by atoms with Crippen molar-refractivity contribution in [3.8, 4) is 0 Å². The molecular weight excluding hydrogens is 320 g/mol. The van der Waals surface area contributed by atoms with Gasteiger partial charge in [-0.3, -0.25) is 4.79 Å². The molecule has 0 unspecified atom stereocenters. The van der Waals surface area contributed by atoms with E-state index in [1.54, 1.807) is 0 Å². The zero-order valence-electron chi connectivity index (χ0n) is 14.8. The lowest BCUT2D eigenvalue weighted by atomic mass is 10.1. The molecule has 132 valence electrons. The number of rotatable bonds is 8. The molecule has 0 aliphatic carbocycles. The van der Waals surface area contributed by atoms with Crippen LogP contribution in [0.2, 0.25) is 0 Å². The van der Waals surface area contributed by atoms with Crippen molar-refractivity contribution < 1.29 is 4.79 Å². The Bertz CT molecular complexity index is 816. The van der Waals surface area contributed by atoms with Crippen LogP contribution in [0.3, 0.4) is 0 Å². The third-order valence-electron chi connectivity index (χ3n) is 4.23. The summed E-state index contributed by atoms with van der Waals surface area (Å²) in [5.41, 5.74) is 4.14. The molecule has 3 heteroatoms. The summed E-state index contributed by atoms with van der Waals surface area (Å²) in [6.07, 6.45) is 1.90. The molecule has 0 spiro atoms. The highest BCUT2D eigenvalue weighted by molar-refractivity contribution is 5.95. The van der Waals surface area contributed by atoms with Gasteiger partial charge in [0.05, 0.1) is 0 Å². The molecule has 0 fully saturated rings. The first-order valence-electron chi connectivity index (χ1n) is 9.01. The molecule has 3 rings (SSSR count). The van der Waals surface area contributed by atoms with Gasteiger partial charge in [-0.25, -0.2) is 0 Å². The van der Waals surface area contributed by atoms with Crippen LogP contribution < -0.4 is 10.6 Å². The second kappa shape index (κ2) is 9.42. The molecule has 3 nitrogen and oxygen atoms in total. The first-order chi connectivity index (χ1) is 12.8. The first-order valence-corrected chi connectivity index (χ1v) is 9.01. The van der Waals surface area contributed by atoms with Crippen LogP contribution in [0.15, 0.2) is 84.9 Å². The number of hydrogen-bond acceptors (Lipinski definition) is 2. The molecule has 0 aromatic heterocycles. The quantitative estimate of drug-likeness (QED) is 0.584. The minimum atomic E-state index is -0.0265. The summed E-state index contributed by atoms with van der Waals surface area (Å²) in [4.78, 5) is 12.3. The van der Waals surface area contributed by atoms with E-state index in [2.05, 4.69) is 34.9 Å². The molecule has 0 radical (unpaired) electrons. The molecular formula is C23H24N2O. The van der Waals surface area contributed by atoms with Crippen LogP contribution in [0.5, 0.6) is 0 Å². The van der Waals surface area contributed by atoms with E-state index in [0.717, 1.165) is 25.1 Å². The molecule has 0 saturated carbocycles. The number of amides is 1. The lowest BCUT2D eigenvalue weighted by Gasteiger charge is -2.09. The molecule has 0 atom stereocenters. The highest BCUT2D eigenvalue weighted by Gasteiger charge is 2.05. The van der Waals surface area contributed by atoms with Gasteiger partial charge < -0.3 is 10.6 Å². The van der Waals surface area contributed by atoms with Crippen LogP contribution in [-0.2, 0) is 13.0 Å². The Morgan fingerprint density at radius 3 is 2.19 bits per heavy atom. The third-order valence-corrected chi connectivity index (χ3v) is 4.23. The van der Waals surface area contributed by atoms with Crippen molar-refractivity contribution in [2.45, 2.75) is 19.4 Å². The fraction of sp³-hybridized carbons (Fsp3) is 0.174. The molecule has 0 heterocycles. The third kappa shape index (κ3) is 5.49. The molecule has 0 saturated heterocycles. The highest BCUT2D eigenvalue weighted by Crippen LogP contribution is 2.12. The fourth-order valence-corrected chi connectivity index (χ4v) is 2.81. The van der Waals surface area contributed by atoms with Crippen molar-refractivity contribution in [1.82, 2.24) is 5.32 Å². The predicted octanol–water partition coefficient (Wildman–Crippen LogP) is 4.66. The Hall–Kier alpha value is -3.07.